The van der Waals surface area contributed by atoms with E-state index in [1.54, 1.807) is 0 Å². The van der Waals surface area contributed by atoms with E-state index < -0.39 is 0 Å². The van der Waals surface area contributed by atoms with Crippen molar-refractivity contribution in [3.05, 3.63) is 222 Å². The molecule has 0 amide bonds. The van der Waals surface area contributed by atoms with Crippen LogP contribution in [0.4, 0.5) is 11.4 Å². The summed E-state index contributed by atoms with van der Waals surface area (Å²) in [7, 11) is 0. The van der Waals surface area contributed by atoms with Gasteiger partial charge in [-0.25, -0.2) is 0 Å². The van der Waals surface area contributed by atoms with Crippen molar-refractivity contribution in [2.24, 2.45) is 0 Å². The predicted octanol–water partition coefficient (Wildman–Crippen LogP) is 12.2. The summed E-state index contributed by atoms with van der Waals surface area (Å²) < 4.78 is 2.70. The molecule has 2 aliphatic heterocycles. The molecule has 1 saturated heterocycles. The van der Waals surface area contributed by atoms with Crippen molar-refractivity contribution in [1.82, 2.24) is 16.0 Å². The predicted molar refractivity (Wildman–Crippen MR) is 234 cm³/mol. The van der Waals surface area contributed by atoms with Crippen LogP contribution in [0.15, 0.2) is 194 Å². The van der Waals surface area contributed by atoms with Crippen LogP contribution in [0.5, 0.6) is 0 Å². The van der Waals surface area contributed by atoms with Gasteiger partial charge in [0.1, 0.15) is 0 Å². The Morgan fingerprint density at radius 2 is 1.12 bits per heavy atom. The van der Waals surface area contributed by atoms with E-state index in [4.69, 9.17) is 0 Å². The Bertz CT molecular complexity index is 2770. The maximum absolute atomic E-state index is 3.90. The number of allylic oxidation sites excluding steroid dienone is 2. The van der Waals surface area contributed by atoms with Crippen molar-refractivity contribution in [1.29, 1.82) is 0 Å². The number of fused-ring (bicyclic) bond motifs is 6. The number of benzene rings is 7. The van der Waals surface area contributed by atoms with Gasteiger partial charge in [-0.05, 0) is 74.8 Å². The molecular formula is C51H40N4S. The highest BCUT2D eigenvalue weighted by Gasteiger charge is 2.38. The monoisotopic (exact) mass is 740 g/mol. The minimum Gasteiger partial charge on any atom is -0.333 e. The van der Waals surface area contributed by atoms with Crippen LogP contribution >= 0.6 is 11.3 Å². The number of thiophene rings is 1. The van der Waals surface area contributed by atoms with Crippen LogP contribution < -0.4 is 20.9 Å². The molecular weight excluding hydrogens is 701 g/mol. The van der Waals surface area contributed by atoms with Crippen LogP contribution in [0.1, 0.15) is 52.2 Å². The average molecular weight is 741 g/mol. The molecule has 56 heavy (non-hydrogen) atoms. The highest BCUT2D eigenvalue weighted by Crippen LogP contribution is 2.50. The van der Waals surface area contributed by atoms with E-state index in [-0.39, 0.29) is 30.5 Å². The minimum atomic E-state index is -0.0730. The van der Waals surface area contributed by atoms with E-state index >= 15 is 0 Å². The average Bonchev–Trinajstić information content (AvgIpc) is 3.83. The molecule has 3 aliphatic rings. The van der Waals surface area contributed by atoms with Crippen molar-refractivity contribution in [3.63, 3.8) is 0 Å². The zero-order chi connectivity index (χ0) is 37.0. The van der Waals surface area contributed by atoms with Gasteiger partial charge >= 0.3 is 0 Å². The maximum atomic E-state index is 3.90. The summed E-state index contributed by atoms with van der Waals surface area (Å²) in [6.45, 7) is 0. The second kappa shape index (κ2) is 13.9. The topological polar surface area (TPSA) is 39.3 Å². The van der Waals surface area contributed by atoms with Crippen molar-refractivity contribution in [2.45, 2.75) is 30.5 Å². The Kier molecular flexibility index (Phi) is 8.26. The molecule has 3 N–H and O–H groups in total. The molecule has 0 saturated carbocycles. The van der Waals surface area contributed by atoms with Crippen molar-refractivity contribution < 1.29 is 0 Å². The highest BCUT2D eigenvalue weighted by atomic mass is 32.1. The number of hydrogen-bond donors (Lipinski definition) is 3. The number of rotatable bonds is 6. The van der Waals surface area contributed by atoms with Gasteiger partial charge in [0.25, 0.3) is 0 Å². The number of nitrogens with zero attached hydrogens (tertiary/aromatic N) is 1. The summed E-state index contributed by atoms with van der Waals surface area (Å²) in [5, 5.41) is 14.3. The normalized spacial score (nSPS) is 21.5. The Labute approximate surface area is 331 Å². The van der Waals surface area contributed by atoms with Crippen LogP contribution in [0.2, 0.25) is 0 Å². The van der Waals surface area contributed by atoms with Crippen LogP contribution in [0.3, 0.4) is 0 Å². The van der Waals surface area contributed by atoms with Gasteiger partial charge in [0.05, 0.1) is 24.5 Å². The number of hydrogen-bond acceptors (Lipinski definition) is 5. The SMILES string of the molecule is C1=CC2C(C=C1c1cccc3c1sc1ccccc13)c1ccccc1N2c1ccc(C2NC(c3ccccc3)NC(c3cccc(-c4ccccc4)c3)N2)cc1. The first kappa shape index (κ1) is 33.3. The fraction of sp³-hybridized carbons (Fsp3) is 0.0980. The molecule has 5 unspecified atom stereocenters. The van der Waals surface area contributed by atoms with Gasteiger partial charge in [0, 0.05) is 37.5 Å². The van der Waals surface area contributed by atoms with E-state index in [1.807, 2.05) is 11.3 Å². The minimum absolute atomic E-state index is 0.0366. The molecule has 5 atom stereocenters. The van der Waals surface area contributed by atoms with Gasteiger partial charge in [0.15, 0.2) is 0 Å². The van der Waals surface area contributed by atoms with Gasteiger partial charge in [-0.3, -0.25) is 16.0 Å². The Balaban J connectivity index is 0.905. The van der Waals surface area contributed by atoms with Crippen LogP contribution in [-0.4, -0.2) is 6.04 Å². The van der Waals surface area contributed by atoms with Crippen LogP contribution in [0.25, 0.3) is 36.9 Å². The van der Waals surface area contributed by atoms with Crippen LogP contribution in [0, 0.1) is 0 Å². The van der Waals surface area contributed by atoms with Gasteiger partial charge in [-0.1, -0.05) is 164 Å². The molecule has 0 spiro atoms. The zero-order valence-corrected chi connectivity index (χ0v) is 31.5. The summed E-state index contributed by atoms with van der Waals surface area (Å²) in [5.74, 6) is 0.252. The zero-order valence-electron chi connectivity index (χ0n) is 30.7. The molecule has 1 aromatic heterocycles. The Hall–Kier alpha value is -6.08. The molecule has 270 valence electrons. The summed E-state index contributed by atoms with van der Waals surface area (Å²) >= 11 is 1.90. The highest BCUT2D eigenvalue weighted by molar-refractivity contribution is 7.26. The van der Waals surface area contributed by atoms with Crippen molar-refractivity contribution in [2.75, 3.05) is 4.90 Å². The van der Waals surface area contributed by atoms with Gasteiger partial charge in [0.2, 0.25) is 0 Å². The van der Waals surface area contributed by atoms with E-state index in [9.17, 15) is 0 Å². The van der Waals surface area contributed by atoms with E-state index in [2.05, 4.69) is 215 Å². The third-order valence-electron chi connectivity index (χ3n) is 11.7. The summed E-state index contributed by atoms with van der Waals surface area (Å²) in [6, 6.07) is 64.0. The number of nitrogens with one attached hydrogen (secondary N) is 3. The Morgan fingerprint density at radius 3 is 1.95 bits per heavy atom. The molecule has 4 nitrogen and oxygen atoms in total. The lowest BCUT2D eigenvalue weighted by Gasteiger charge is -2.40. The van der Waals surface area contributed by atoms with E-state index in [1.165, 1.54) is 76.1 Å². The molecule has 8 aromatic rings. The molecule has 3 heterocycles. The third-order valence-corrected chi connectivity index (χ3v) is 13.0. The lowest BCUT2D eigenvalue weighted by molar-refractivity contribution is 0.203. The first-order valence-corrected chi connectivity index (χ1v) is 20.3. The molecule has 1 fully saturated rings. The molecule has 11 rings (SSSR count). The smallest absolute Gasteiger partial charge is 0.0864 e. The Morgan fingerprint density at radius 1 is 0.500 bits per heavy atom. The van der Waals surface area contributed by atoms with Gasteiger partial charge in [-0.15, -0.1) is 11.3 Å². The largest absolute Gasteiger partial charge is 0.333 e. The molecule has 5 heteroatoms. The standard InChI is InChI=1S/C51H40N4S/c1-3-13-33(14-4-1)36-17-11-18-38(31-36)51-53-49(34-15-5-2-6-16-34)52-50(54-51)35-25-28-39(29-26-35)55-45-23-9-7-19-41(45)44-32-37(27-30-46(44)55)40-21-12-22-43-42-20-8-10-24-47(42)56-48(40)43/h1-32,44,46,49-54H. The molecule has 0 bridgehead atoms. The van der Waals surface area contributed by atoms with Crippen LogP contribution in [-0.2, 0) is 0 Å². The molecule has 1 aliphatic carbocycles. The summed E-state index contributed by atoms with van der Waals surface area (Å²) in [5.41, 5.74) is 12.5. The van der Waals surface area contributed by atoms with E-state index in [0.29, 0.717) is 0 Å². The van der Waals surface area contributed by atoms with E-state index in [0.717, 1.165) is 0 Å². The number of anilines is 2. The summed E-state index contributed by atoms with van der Waals surface area (Å²) in [4.78, 5) is 2.53. The number of para-hydroxylation sites is 1. The maximum Gasteiger partial charge on any atom is 0.0864 e. The lowest BCUT2D eigenvalue weighted by Crippen LogP contribution is -2.54. The van der Waals surface area contributed by atoms with Gasteiger partial charge in [-0.2, -0.15) is 0 Å². The second-order valence-corrected chi connectivity index (χ2v) is 16.1. The van der Waals surface area contributed by atoms with Crippen molar-refractivity contribution in [3.8, 4) is 11.1 Å². The molecule has 0 radical (unpaired) electrons. The quantitative estimate of drug-likeness (QED) is 0.159. The first-order chi connectivity index (χ1) is 27.7. The third kappa shape index (κ3) is 5.80. The second-order valence-electron chi connectivity index (χ2n) is 15.0. The first-order valence-electron chi connectivity index (χ1n) is 19.5. The fourth-order valence-electron chi connectivity index (χ4n) is 9.03. The summed E-state index contributed by atoms with van der Waals surface area (Å²) in [6.07, 6.45) is 7.12. The van der Waals surface area contributed by atoms with Gasteiger partial charge < -0.3 is 4.90 Å². The molecule has 7 aromatic carbocycles. The lowest BCUT2D eigenvalue weighted by atomic mass is 9.86. The van der Waals surface area contributed by atoms with Crippen molar-refractivity contribution >= 4 is 48.5 Å². The fourth-order valence-corrected chi connectivity index (χ4v) is 10.3.